The molecule has 232 valence electrons. The Hall–Kier alpha value is -5.92. The van der Waals surface area contributed by atoms with Crippen LogP contribution in [-0.2, 0) is 5.41 Å². The molecule has 1 nitrogen and oxygen atoms in total. The van der Waals surface area contributed by atoms with E-state index in [1.54, 1.807) is 0 Å². The monoisotopic (exact) mass is 626 g/mol. The van der Waals surface area contributed by atoms with E-state index in [2.05, 4.69) is 160 Å². The molecule has 9 aromatic carbocycles. The SMILES string of the molecule is CC(C)(C)c1cc2ccc3c(-c4ccccc4)cc(-c4ccc5cc(-c6cccc7c6oc6ccccc67)ccc5c4)c4ccc(c1)c2c34. The van der Waals surface area contributed by atoms with Crippen LogP contribution in [-0.4, -0.2) is 0 Å². The quantitative estimate of drug-likeness (QED) is 0.178. The molecule has 10 rings (SSSR count). The van der Waals surface area contributed by atoms with Crippen LogP contribution >= 0.6 is 0 Å². The highest BCUT2D eigenvalue weighted by molar-refractivity contribution is 6.28. The van der Waals surface area contributed by atoms with Gasteiger partial charge in [-0.3, -0.25) is 0 Å². The van der Waals surface area contributed by atoms with E-state index in [1.807, 2.05) is 12.1 Å². The van der Waals surface area contributed by atoms with Gasteiger partial charge in [0.1, 0.15) is 11.2 Å². The van der Waals surface area contributed by atoms with Crippen molar-refractivity contribution in [3.8, 4) is 33.4 Å². The summed E-state index contributed by atoms with van der Waals surface area (Å²) >= 11 is 0. The Kier molecular flexibility index (Phi) is 5.91. The van der Waals surface area contributed by atoms with E-state index >= 15 is 0 Å². The smallest absolute Gasteiger partial charge is 0.143 e. The van der Waals surface area contributed by atoms with Crippen LogP contribution < -0.4 is 0 Å². The summed E-state index contributed by atoms with van der Waals surface area (Å²) in [5.74, 6) is 0. The molecule has 0 spiro atoms. The summed E-state index contributed by atoms with van der Waals surface area (Å²) in [7, 11) is 0. The lowest BCUT2D eigenvalue weighted by atomic mass is 9.81. The second kappa shape index (κ2) is 10.3. The van der Waals surface area contributed by atoms with Crippen LogP contribution in [0.5, 0.6) is 0 Å². The second-order valence-electron chi connectivity index (χ2n) is 14.5. The molecule has 0 atom stereocenters. The molecular formula is C48H34O. The standard InChI is InChI=1S/C48H34O/c1-48(2,3)36-26-34-20-22-39-42(29-10-5-4-6-11-29)28-43(40-23-21-35(27-36)45(34)46(39)40)33-19-17-30-24-32(18-16-31(30)25-33)37-13-9-14-41-38-12-7-8-15-44(38)49-47(37)41/h4-28H,1-3H3. The fourth-order valence-corrected chi connectivity index (χ4v) is 8.00. The lowest BCUT2D eigenvalue weighted by Gasteiger charge is -2.23. The van der Waals surface area contributed by atoms with Gasteiger partial charge in [-0.2, -0.15) is 0 Å². The second-order valence-corrected chi connectivity index (χ2v) is 14.5. The van der Waals surface area contributed by atoms with Gasteiger partial charge >= 0.3 is 0 Å². The van der Waals surface area contributed by atoms with Crippen molar-refractivity contribution < 1.29 is 4.42 Å². The minimum atomic E-state index is 0.0777. The number of hydrogen-bond acceptors (Lipinski definition) is 1. The predicted octanol–water partition coefficient (Wildman–Crippen LogP) is 13.9. The van der Waals surface area contributed by atoms with E-state index < -0.39 is 0 Å². The number of rotatable bonds is 3. The summed E-state index contributed by atoms with van der Waals surface area (Å²) in [5.41, 5.74) is 10.6. The van der Waals surface area contributed by atoms with Crippen LogP contribution in [0, 0.1) is 0 Å². The van der Waals surface area contributed by atoms with Crippen LogP contribution in [0.25, 0.3) is 98.4 Å². The third-order valence-corrected chi connectivity index (χ3v) is 10.5. The highest BCUT2D eigenvalue weighted by atomic mass is 16.3. The van der Waals surface area contributed by atoms with E-state index in [0.717, 1.165) is 33.1 Å². The Morgan fingerprint density at radius 3 is 1.67 bits per heavy atom. The van der Waals surface area contributed by atoms with Gasteiger partial charge < -0.3 is 4.42 Å². The zero-order valence-electron chi connectivity index (χ0n) is 27.8. The molecule has 0 unspecified atom stereocenters. The van der Waals surface area contributed by atoms with Gasteiger partial charge in [0.15, 0.2) is 0 Å². The molecule has 0 saturated carbocycles. The van der Waals surface area contributed by atoms with Gasteiger partial charge in [-0.05, 0) is 106 Å². The van der Waals surface area contributed by atoms with Crippen LogP contribution in [0.2, 0.25) is 0 Å². The number of furan rings is 1. The van der Waals surface area contributed by atoms with Crippen molar-refractivity contribution in [2.75, 3.05) is 0 Å². The van der Waals surface area contributed by atoms with Crippen molar-refractivity contribution in [2.45, 2.75) is 26.2 Å². The first kappa shape index (κ1) is 28.1. The fraction of sp³-hybridized carbons (Fsp3) is 0.0833. The molecule has 0 aliphatic rings. The first-order valence-corrected chi connectivity index (χ1v) is 17.2. The summed E-state index contributed by atoms with van der Waals surface area (Å²) in [6, 6.07) is 55.9. The average Bonchev–Trinajstić information content (AvgIpc) is 3.52. The maximum Gasteiger partial charge on any atom is 0.143 e. The summed E-state index contributed by atoms with van der Waals surface area (Å²) in [5, 5.41) is 12.7. The number of fused-ring (bicyclic) bond motifs is 4. The van der Waals surface area contributed by atoms with Crippen LogP contribution in [0.15, 0.2) is 156 Å². The molecule has 1 heteroatoms. The Labute approximate surface area is 285 Å². The molecule has 1 heterocycles. The lowest BCUT2D eigenvalue weighted by molar-refractivity contribution is 0.591. The summed E-state index contributed by atoms with van der Waals surface area (Å²) in [6.45, 7) is 6.90. The van der Waals surface area contributed by atoms with Crippen molar-refractivity contribution in [1.29, 1.82) is 0 Å². The molecule has 0 bridgehead atoms. The number of hydrogen-bond donors (Lipinski definition) is 0. The summed E-state index contributed by atoms with van der Waals surface area (Å²) < 4.78 is 6.39. The predicted molar refractivity (Wildman–Crippen MR) is 210 cm³/mol. The van der Waals surface area contributed by atoms with E-state index in [4.69, 9.17) is 4.42 Å². The normalized spacial score (nSPS) is 12.4. The van der Waals surface area contributed by atoms with E-state index in [9.17, 15) is 0 Å². The number of para-hydroxylation sites is 2. The largest absolute Gasteiger partial charge is 0.455 e. The maximum absolute atomic E-state index is 6.39. The van der Waals surface area contributed by atoms with Crippen molar-refractivity contribution in [2.24, 2.45) is 0 Å². The maximum atomic E-state index is 6.39. The average molecular weight is 627 g/mol. The Morgan fingerprint density at radius 2 is 0.980 bits per heavy atom. The molecule has 0 saturated heterocycles. The molecule has 0 amide bonds. The highest BCUT2D eigenvalue weighted by Gasteiger charge is 2.20. The zero-order valence-corrected chi connectivity index (χ0v) is 27.8. The highest BCUT2D eigenvalue weighted by Crippen LogP contribution is 2.45. The lowest BCUT2D eigenvalue weighted by Crippen LogP contribution is -2.10. The first-order chi connectivity index (χ1) is 23.9. The van der Waals surface area contributed by atoms with Crippen molar-refractivity contribution in [3.05, 3.63) is 157 Å². The fourth-order valence-electron chi connectivity index (χ4n) is 8.00. The van der Waals surface area contributed by atoms with Gasteiger partial charge in [0.25, 0.3) is 0 Å². The third-order valence-electron chi connectivity index (χ3n) is 10.5. The van der Waals surface area contributed by atoms with Crippen LogP contribution in [0.3, 0.4) is 0 Å². The van der Waals surface area contributed by atoms with Gasteiger partial charge in [-0.15, -0.1) is 0 Å². The minimum Gasteiger partial charge on any atom is -0.455 e. The first-order valence-electron chi connectivity index (χ1n) is 17.2. The molecule has 0 fully saturated rings. The van der Waals surface area contributed by atoms with E-state index in [1.165, 1.54) is 70.9 Å². The summed E-state index contributed by atoms with van der Waals surface area (Å²) in [4.78, 5) is 0. The van der Waals surface area contributed by atoms with Crippen LogP contribution in [0.1, 0.15) is 26.3 Å². The molecule has 0 aliphatic carbocycles. The molecule has 49 heavy (non-hydrogen) atoms. The topological polar surface area (TPSA) is 13.1 Å². The Morgan fingerprint density at radius 1 is 0.388 bits per heavy atom. The molecular weight excluding hydrogens is 593 g/mol. The molecule has 0 radical (unpaired) electrons. The molecule has 0 aliphatic heterocycles. The zero-order chi connectivity index (χ0) is 32.9. The molecule has 10 aromatic rings. The van der Waals surface area contributed by atoms with Gasteiger partial charge in [-0.1, -0.05) is 148 Å². The van der Waals surface area contributed by atoms with Gasteiger partial charge in [-0.25, -0.2) is 0 Å². The molecule has 0 N–H and O–H groups in total. The van der Waals surface area contributed by atoms with Crippen molar-refractivity contribution >= 4 is 65.0 Å². The van der Waals surface area contributed by atoms with E-state index in [-0.39, 0.29) is 5.41 Å². The van der Waals surface area contributed by atoms with Gasteiger partial charge in [0.05, 0.1) is 0 Å². The van der Waals surface area contributed by atoms with Crippen LogP contribution in [0.4, 0.5) is 0 Å². The third kappa shape index (κ3) is 4.32. The minimum absolute atomic E-state index is 0.0777. The number of benzene rings is 9. The Balaban J connectivity index is 1.18. The van der Waals surface area contributed by atoms with Gasteiger partial charge in [0, 0.05) is 16.3 Å². The van der Waals surface area contributed by atoms with Crippen molar-refractivity contribution in [3.63, 3.8) is 0 Å². The Bertz CT molecular complexity index is 2880. The van der Waals surface area contributed by atoms with Crippen molar-refractivity contribution in [1.82, 2.24) is 0 Å². The summed E-state index contributed by atoms with van der Waals surface area (Å²) in [6.07, 6.45) is 0. The van der Waals surface area contributed by atoms with Gasteiger partial charge in [0.2, 0.25) is 0 Å². The molecule has 1 aromatic heterocycles. The van der Waals surface area contributed by atoms with E-state index in [0.29, 0.717) is 0 Å².